The van der Waals surface area contributed by atoms with E-state index in [1.54, 1.807) is 4.90 Å². The van der Waals surface area contributed by atoms with Crippen LogP contribution in [0.25, 0.3) is 0 Å². The van der Waals surface area contributed by atoms with E-state index in [1.807, 2.05) is 19.2 Å². The highest BCUT2D eigenvalue weighted by Crippen LogP contribution is 2.24. The van der Waals surface area contributed by atoms with Crippen molar-refractivity contribution in [1.82, 2.24) is 4.90 Å². The van der Waals surface area contributed by atoms with Gasteiger partial charge in [-0.05, 0) is 56.4 Å². The third kappa shape index (κ3) is 5.03. The summed E-state index contributed by atoms with van der Waals surface area (Å²) in [4.78, 5) is 16.8. The number of nitriles is 1. The lowest BCUT2D eigenvalue weighted by Gasteiger charge is -2.31. The molecule has 5 heteroatoms. The van der Waals surface area contributed by atoms with Crippen molar-refractivity contribution in [1.29, 1.82) is 5.26 Å². The van der Waals surface area contributed by atoms with Crippen LogP contribution in [0.5, 0.6) is 0 Å². The summed E-state index contributed by atoms with van der Waals surface area (Å²) in [5.74, 6) is -0.193. The summed E-state index contributed by atoms with van der Waals surface area (Å²) in [6.45, 7) is 2.24. The molecule has 1 amide bonds. The predicted octanol–water partition coefficient (Wildman–Crippen LogP) is 4.29. The minimum atomic E-state index is -0.193. The van der Waals surface area contributed by atoms with Gasteiger partial charge in [-0.15, -0.1) is 0 Å². The first-order chi connectivity index (χ1) is 13.2. The predicted molar refractivity (Wildman–Crippen MR) is 109 cm³/mol. The Bertz CT molecular complexity index is 692. The molecular formula is C22H30N4O. The number of hydrogen-bond acceptors (Lipinski definition) is 4. The van der Waals surface area contributed by atoms with Crippen molar-refractivity contribution in [3.63, 3.8) is 0 Å². The number of hydrogen-bond donors (Lipinski definition) is 1. The first-order valence-electron chi connectivity index (χ1n) is 10.2. The lowest BCUT2D eigenvalue weighted by Crippen LogP contribution is -2.39. The number of carbonyl (C=O) groups excluding carboxylic acids is 1. The molecule has 0 atom stereocenters. The van der Waals surface area contributed by atoms with E-state index in [9.17, 15) is 10.1 Å². The van der Waals surface area contributed by atoms with Crippen LogP contribution in [0.1, 0.15) is 51.4 Å². The number of anilines is 2. The van der Waals surface area contributed by atoms with Gasteiger partial charge in [0.1, 0.15) is 11.6 Å². The largest absolute Gasteiger partial charge is 0.372 e. The smallest absolute Gasteiger partial charge is 0.266 e. The van der Waals surface area contributed by atoms with Crippen molar-refractivity contribution in [3.8, 4) is 6.07 Å². The van der Waals surface area contributed by atoms with Crippen LogP contribution in [0.3, 0.4) is 0 Å². The molecule has 144 valence electrons. The first kappa shape index (κ1) is 19.3. The molecule has 27 heavy (non-hydrogen) atoms. The highest BCUT2D eigenvalue weighted by molar-refractivity contribution is 5.97. The quantitative estimate of drug-likeness (QED) is 0.624. The molecule has 1 aromatic rings. The van der Waals surface area contributed by atoms with Crippen molar-refractivity contribution in [2.24, 2.45) is 0 Å². The van der Waals surface area contributed by atoms with Crippen LogP contribution in [-0.2, 0) is 4.79 Å². The van der Waals surface area contributed by atoms with E-state index in [2.05, 4.69) is 28.4 Å². The summed E-state index contributed by atoms with van der Waals surface area (Å²) in [5.41, 5.74) is 2.28. The second-order valence-corrected chi connectivity index (χ2v) is 7.62. The van der Waals surface area contributed by atoms with Gasteiger partial charge in [0.2, 0.25) is 0 Å². The summed E-state index contributed by atoms with van der Waals surface area (Å²) in [5, 5.41) is 12.5. The molecule has 1 saturated heterocycles. The fraction of sp³-hybridized carbons (Fsp3) is 0.545. The summed E-state index contributed by atoms with van der Waals surface area (Å²) < 4.78 is 0. The summed E-state index contributed by atoms with van der Waals surface area (Å²) in [7, 11) is 1.82. The van der Waals surface area contributed by atoms with E-state index in [0.717, 1.165) is 44.5 Å². The van der Waals surface area contributed by atoms with Crippen LogP contribution in [0.15, 0.2) is 36.0 Å². The van der Waals surface area contributed by atoms with Gasteiger partial charge >= 0.3 is 0 Å². The SMILES string of the molecule is CN(C(=O)/C(C#N)=C\Nc1ccc(N2CCCCC2)cc1)C1CCCCC1. The Morgan fingerprint density at radius 1 is 1.11 bits per heavy atom. The van der Waals surface area contributed by atoms with Crippen molar-refractivity contribution < 1.29 is 4.79 Å². The number of piperidine rings is 1. The standard InChI is InChI=1S/C22H30N4O/c1-25(20-8-4-2-5-9-20)22(27)18(16-23)17-24-19-10-12-21(13-11-19)26-14-6-3-7-15-26/h10-13,17,20,24H,2-9,14-15H2,1H3/b18-17-. The highest BCUT2D eigenvalue weighted by Gasteiger charge is 2.24. The number of rotatable bonds is 5. The second-order valence-electron chi connectivity index (χ2n) is 7.62. The monoisotopic (exact) mass is 366 g/mol. The molecule has 1 aliphatic heterocycles. The third-order valence-corrected chi connectivity index (χ3v) is 5.77. The summed E-state index contributed by atoms with van der Waals surface area (Å²) >= 11 is 0. The molecule has 0 aromatic heterocycles. The Labute approximate surface area is 162 Å². The normalized spacial score (nSPS) is 18.7. The Hall–Kier alpha value is -2.48. The summed E-state index contributed by atoms with van der Waals surface area (Å²) in [6, 6.07) is 10.5. The molecule has 2 fully saturated rings. The Morgan fingerprint density at radius 2 is 1.74 bits per heavy atom. The maximum Gasteiger partial charge on any atom is 0.266 e. The molecule has 1 N–H and O–H groups in total. The zero-order chi connectivity index (χ0) is 19.1. The summed E-state index contributed by atoms with van der Waals surface area (Å²) in [6.07, 6.45) is 11.0. The Morgan fingerprint density at radius 3 is 2.37 bits per heavy atom. The van der Waals surface area contributed by atoms with Gasteiger partial charge in [-0.1, -0.05) is 19.3 Å². The fourth-order valence-corrected chi connectivity index (χ4v) is 4.04. The number of amides is 1. The number of carbonyl (C=O) groups is 1. The molecule has 1 aliphatic carbocycles. The van der Waals surface area contributed by atoms with Crippen molar-refractivity contribution in [2.75, 3.05) is 30.4 Å². The van der Waals surface area contributed by atoms with Gasteiger partial charge in [0.25, 0.3) is 5.91 Å². The van der Waals surface area contributed by atoms with Crippen LogP contribution in [0.2, 0.25) is 0 Å². The van der Waals surface area contributed by atoms with Gasteiger partial charge < -0.3 is 15.1 Å². The zero-order valence-corrected chi connectivity index (χ0v) is 16.3. The number of likely N-dealkylation sites (N-methyl/N-ethyl adjacent to an activating group) is 1. The van der Waals surface area contributed by atoms with E-state index in [4.69, 9.17) is 0 Å². The van der Waals surface area contributed by atoms with E-state index in [1.165, 1.54) is 37.6 Å². The van der Waals surface area contributed by atoms with Crippen LogP contribution in [0, 0.1) is 11.3 Å². The van der Waals surface area contributed by atoms with Gasteiger partial charge in [-0.3, -0.25) is 4.79 Å². The van der Waals surface area contributed by atoms with E-state index < -0.39 is 0 Å². The lowest BCUT2D eigenvalue weighted by molar-refractivity contribution is -0.128. The van der Waals surface area contributed by atoms with Crippen molar-refractivity contribution in [2.45, 2.75) is 57.4 Å². The first-order valence-corrected chi connectivity index (χ1v) is 10.2. The average molecular weight is 367 g/mol. The molecule has 3 rings (SSSR count). The third-order valence-electron chi connectivity index (χ3n) is 5.77. The molecule has 0 bridgehead atoms. The molecule has 0 radical (unpaired) electrons. The van der Waals surface area contributed by atoms with Crippen LogP contribution >= 0.6 is 0 Å². The minimum Gasteiger partial charge on any atom is -0.372 e. The van der Waals surface area contributed by atoms with Gasteiger partial charge in [0.15, 0.2) is 0 Å². The van der Waals surface area contributed by atoms with Crippen LogP contribution in [-0.4, -0.2) is 37.0 Å². The zero-order valence-electron chi connectivity index (χ0n) is 16.3. The molecule has 2 aliphatic rings. The van der Waals surface area contributed by atoms with Crippen molar-refractivity contribution >= 4 is 17.3 Å². The molecule has 0 spiro atoms. The molecule has 5 nitrogen and oxygen atoms in total. The second kappa shape index (κ2) is 9.45. The highest BCUT2D eigenvalue weighted by atomic mass is 16.2. The number of benzene rings is 1. The van der Waals surface area contributed by atoms with E-state index in [0.29, 0.717) is 0 Å². The van der Waals surface area contributed by atoms with Crippen molar-refractivity contribution in [3.05, 3.63) is 36.0 Å². The van der Waals surface area contributed by atoms with Gasteiger partial charge in [0, 0.05) is 43.8 Å². The number of nitrogens with zero attached hydrogens (tertiary/aromatic N) is 3. The fourth-order valence-electron chi connectivity index (χ4n) is 4.04. The van der Waals surface area contributed by atoms with Gasteiger partial charge in [-0.2, -0.15) is 5.26 Å². The number of nitrogens with one attached hydrogen (secondary N) is 1. The molecular weight excluding hydrogens is 336 g/mol. The van der Waals surface area contributed by atoms with E-state index in [-0.39, 0.29) is 17.5 Å². The molecule has 1 saturated carbocycles. The van der Waals surface area contributed by atoms with Crippen LogP contribution < -0.4 is 10.2 Å². The van der Waals surface area contributed by atoms with Gasteiger partial charge in [-0.25, -0.2) is 0 Å². The van der Waals surface area contributed by atoms with Crippen LogP contribution in [0.4, 0.5) is 11.4 Å². The Balaban J connectivity index is 1.60. The minimum absolute atomic E-state index is 0.156. The molecule has 1 aromatic carbocycles. The maximum atomic E-state index is 12.6. The van der Waals surface area contributed by atoms with Gasteiger partial charge in [0.05, 0.1) is 0 Å². The lowest BCUT2D eigenvalue weighted by atomic mass is 9.94. The average Bonchev–Trinajstić information content (AvgIpc) is 2.75. The topological polar surface area (TPSA) is 59.4 Å². The molecule has 1 heterocycles. The molecule has 0 unspecified atom stereocenters. The Kier molecular flexibility index (Phi) is 6.75. The maximum absolute atomic E-state index is 12.6. The van der Waals surface area contributed by atoms with E-state index >= 15 is 0 Å².